The van der Waals surface area contributed by atoms with Gasteiger partial charge in [-0.3, -0.25) is 34.4 Å². The summed E-state index contributed by atoms with van der Waals surface area (Å²) in [6.07, 6.45) is 6.09. The maximum atomic E-state index is 13.1. The van der Waals surface area contributed by atoms with E-state index in [0.29, 0.717) is 23.4 Å². The molecular weight excluding hydrogens is 558 g/mol. The molecule has 0 spiro atoms. The molecule has 1 aromatic heterocycles. The second kappa shape index (κ2) is 12.0. The molecule has 4 amide bonds. The number of aromatic nitrogens is 2. The highest BCUT2D eigenvalue weighted by molar-refractivity contribution is 6.24. The van der Waals surface area contributed by atoms with E-state index in [0.717, 1.165) is 65.1 Å². The minimum Gasteiger partial charge on any atom is -0.385 e. The molecule has 3 aliphatic rings. The molecule has 6 rings (SSSR count). The van der Waals surface area contributed by atoms with Gasteiger partial charge >= 0.3 is 0 Å². The van der Waals surface area contributed by atoms with Crippen LogP contribution >= 0.6 is 0 Å². The largest absolute Gasteiger partial charge is 0.385 e. The number of nitrogens with zero attached hydrogens (tertiary/aromatic N) is 3. The third-order valence-corrected chi connectivity index (χ3v) is 8.67. The molecule has 0 bridgehead atoms. The Balaban J connectivity index is 0.981. The summed E-state index contributed by atoms with van der Waals surface area (Å²) >= 11 is 0. The van der Waals surface area contributed by atoms with Crippen LogP contribution in [-0.4, -0.2) is 62.8 Å². The van der Waals surface area contributed by atoms with Crippen LogP contribution in [0.4, 0.5) is 5.69 Å². The number of rotatable bonds is 10. The van der Waals surface area contributed by atoms with Gasteiger partial charge in [0.1, 0.15) is 6.04 Å². The fourth-order valence-electron chi connectivity index (χ4n) is 6.42. The van der Waals surface area contributed by atoms with Gasteiger partial charge in [0.2, 0.25) is 11.8 Å². The van der Waals surface area contributed by atoms with Gasteiger partial charge in [-0.2, -0.15) is 0 Å². The zero-order valence-corrected chi connectivity index (χ0v) is 24.8. The van der Waals surface area contributed by atoms with Gasteiger partial charge in [0.15, 0.2) is 0 Å². The number of allylic oxidation sites excluding steroid dienone is 2. The molecule has 2 aliphatic heterocycles. The standard InChI is InChI=1S/C33H35N7O4/c1-18(34)30(27-17-36-25-7-3-4-8-26(25)38-27)19(2)37-22-14-20(15-22)6-5-13-35-21-9-10-23-24(16-21)33(44)40(32(23)43)28-11-12-29(41)39-31(28)42/h3-4,7-10,16-17,20,22,28,34-35,37H,5-6,11-15H2,1-2H3,(H,39,41,42)/b30-19+,34-18?. The molecule has 1 aliphatic carbocycles. The van der Waals surface area contributed by atoms with E-state index in [2.05, 4.69) is 20.9 Å². The topological polar surface area (TPSA) is 157 Å². The monoisotopic (exact) mass is 593 g/mol. The van der Waals surface area contributed by atoms with Crippen LogP contribution < -0.4 is 16.0 Å². The number of amides is 4. The number of piperidine rings is 1. The molecule has 0 radical (unpaired) electrons. The van der Waals surface area contributed by atoms with Crippen LogP contribution in [0.25, 0.3) is 16.6 Å². The highest BCUT2D eigenvalue weighted by Crippen LogP contribution is 2.33. The Morgan fingerprint density at radius 1 is 1.02 bits per heavy atom. The van der Waals surface area contributed by atoms with Gasteiger partial charge in [-0.05, 0) is 82.2 Å². The Kier molecular flexibility index (Phi) is 7.94. The van der Waals surface area contributed by atoms with Crippen molar-refractivity contribution in [1.29, 1.82) is 5.41 Å². The Morgan fingerprint density at radius 2 is 1.77 bits per heavy atom. The van der Waals surface area contributed by atoms with Crippen molar-refractivity contribution >= 4 is 51.6 Å². The predicted octanol–water partition coefficient (Wildman–Crippen LogP) is 4.06. The second-order valence-corrected chi connectivity index (χ2v) is 11.8. The fourth-order valence-corrected chi connectivity index (χ4v) is 6.42. The van der Waals surface area contributed by atoms with Gasteiger partial charge in [0.05, 0.1) is 34.1 Å². The maximum Gasteiger partial charge on any atom is 0.262 e. The third kappa shape index (κ3) is 5.69. The lowest BCUT2D eigenvalue weighted by Gasteiger charge is -2.37. The van der Waals surface area contributed by atoms with Crippen molar-refractivity contribution in [3.63, 3.8) is 0 Å². The van der Waals surface area contributed by atoms with Crippen molar-refractivity contribution in [2.75, 3.05) is 11.9 Å². The van der Waals surface area contributed by atoms with Crippen LogP contribution in [0.15, 0.2) is 54.4 Å². The number of anilines is 1. The molecule has 1 atom stereocenters. The smallest absolute Gasteiger partial charge is 0.262 e. The maximum absolute atomic E-state index is 13.1. The number of benzene rings is 2. The highest BCUT2D eigenvalue weighted by atomic mass is 16.2. The Labute approximate surface area is 255 Å². The first-order chi connectivity index (χ1) is 21.2. The van der Waals surface area contributed by atoms with Crippen LogP contribution in [0.3, 0.4) is 0 Å². The minimum absolute atomic E-state index is 0.0930. The molecular formula is C33H35N7O4. The summed E-state index contributed by atoms with van der Waals surface area (Å²) in [5.74, 6) is -1.41. The molecule has 3 heterocycles. The summed E-state index contributed by atoms with van der Waals surface area (Å²) in [5, 5.41) is 17.5. The number of hydrogen-bond acceptors (Lipinski definition) is 9. The van der Waals surface area contributed by atoms with Crippen LogP contribution in [0.5, 0.6) is 0 Å². The molecule has 11 nitrogen and oxygen atoms in total. The van der Waals surface area contributed by atoms with E-state index in [9.17, 15) is 19.2 Å². The lowest BCUT2D eigenvalue weighted by molar-refractivity contribution is -0.136. The molecule has 1 saturated heterocycles. The normalized spacial score (nSPS) is 21.9. The Bertz CT molecular complexity index is 1730. The summed E-state index contributed by atoms with van der Waals surface area (Å²) < 4.78 is 0. The predicted molar refractivity (Wildman–Crippen MR) is 166 cm³/mol. The highest BCUT2D eigenvalue weighted by Gasteiger charge is 2.44. The van der Waals surface area contributed by atoms with Crippen LogP contribution in [-0.2, 0) is 9.59 Å². The lowest BCUT2D eigenvalue weighted by atomic mass is 9.77. The molecule has 226 valence electrons. The van der Waals surface area contributed by atoms with E-state index in [4.69, 9.17) is 10.4 Å². The number of carbonyl (C=O) groups is 4. The zero-order chi connectivity index (χ0) is 31.0. The molecule has 2 aromatic carbocycles. The summed E-state index contributed by atoms with van der Waals surface area (Å²) in [4.78, 5) is 60.0. The van der Waals surface area contributed by atoms with Crippen molar-refractivity contribution in [3.05, 3.63) is 71.2 Å². The summed E-state index contributed by atoms with van der Waals surface area (Å²) in [6, 6.07) is 12.2. The van der Waals surface area contributed by atoms with E-state index < -0.39 is 29.7 Å². The van der Waals surface area contributed by atoms with Gasteiger partial charge < -0.3 is 16.0 Å². The van der Waals surface area contributed by atoms with E-state index >= 15 is 0 Å². The van der Waals surface area contributed by atoms with Gasteiger partial charge in [-0.1, -0.05) is 12.1 Å². The summed E-state index contributed by atoms with van der Waals surface area (Å²) in [6.45, 7) is 4.50. The van der Waals surface area contributed by atoms with Gasteiger partial charge in [-0.25, -0.2) is 4.98 Å². The second-order valence-electron chi connectivity index (χ2n) is 11.8. The SMILES string of the molecule is CC(=N)/C(=C(/C)NC1CC(CCCNc2ccc3c(c2)C(=O)N(C2CCC(=O)NC2=O)C3=O)C1)c1cnc2ccccc2n1. The minimum atomic E-state index is -0.968. The number of para-hydroxylation sites is 2. The molecule has 1 unspecified atom stereocenters. The van der Waals surface area contributed by atoms with Crippen molar-refractivity contribution in [2.45, 2.75) is 64.5 Å². The molecule has 4 N–H and O–H groups in total. The zero-order valence-electron chi connectivity index (χ0n) is 24.8. The molecule has 3 aromatic rings. The van der Waals surface area contributed by atoms with E-state index in [-0.39, 0.29) is 24.0 Å². The number of nitrogens with one attached hydrogen (secondary N) is 4. The number of fused-ring (bicyclic) bond motifs is 2. The van der Waals surface area contributed by atoms with Crippen molar-refractivity contribution in [2.24, 2.45) is 5.92 Å². The van der Waals surface area contributed by atoms with E-state index in [1.807, 2.05) is 31.2 Å². The number of carbonyl (C=O) groups excluding carboxylic acids is 4. The van der Waals surface area contributed by atoms with Crippen molar-refractivity contribution < 1.29 is 19.2 Å². The lowest BCUT2D eigenvalue weighted by Crippen LogP contribution is -2.54. The van der Waals surface area contributed by atoms with Gasteiger partial charge in [0, 0.05) is 41.7 Å². The average molecular weight is 594 g/mol. The van der Waals surface area contributed by atoms with Crippen LogP contribution in [0.2, 0.25) is 0 Å². The quantitative estimate of drug-likeness (QED) is 0.156. The fraction of sp³-hybridized carbons (Fsp3) is 0.364. The number of hydrogen-bond donors (Lipinski definition) is 4. The van der Waals surface area contributed by atoms with Crippen molar-refractivity contribution in [3.8, 4) is 0 Å². The van der Waals surface area contributed by atoms with Crippen LogP contribution in [0, 0.1) is 11.3 Å². The van der Waals surface area contributed by atoms with Gasteiger partial charge in [-0.15, -0.1) is 0 Å². The molecule has 44 heavy (non-hydrogen) atoms. The first-order valence-electron chi connectivity index (χ1n) is 15.0. The average Bonchev–Trinajstić information content (AvgIpc) is 3.22. The molecule has 1 saturated carbocycles. The van der Waals surface area contributed by atoms with E-state index in [1.54, 1.807) is 31.3 Å². The van der Waals surface area contributed by atoms with E-state index in [1.165, 1.54) is 0 Å². The van der Waals surface area contributed by atoms with Crippen LogP contribution in [0.1, 0.15) is 78.8 Å². The third-order valence-electron chi connectivity index (χ3n) is 8.67. The summed E-state index contributed by atoms with van der Waals surface area (Å²) in [5.41, 5.74) is 5.80. The number of imide groups is 2. The van der Waals surface area contributed by atoms with Gasteiger partial charge in [0.25, 0.3) is 11.8 Å². The first-order valence-corrected chi connectivity index (χ1v) is 15.0. The first kappa shape index (κ1) is 29.2. The summed E-state index contributed by atoms with van der Waals surface area (Å²) in [7, 11) is 0. The Morgan fingerprint density at radius 3 is 2.52 bits per heavy atom. The Hall–Kier alpha value is -4.93. The molecule has 2 fully saturated rings. The molecule has 11 heteroatoms. The van der Waals surface area contributed by atoms with Crippen molar-refractivity contribution in [1.82, 2.24) is 25.5 Å².